The van der Waals surface area contributed by atoms with E-state index >= 15 is 0 Å². The van der Waals surface area contributed by atoms with Crippen LogP contribution in [-0.4, -0.2) is 12.5 Å². The minimum Gasteiger partial charge on any atom is -0.350 e. The van der Waals surface area contributed by atoms with E-state index in [9.17, 15) is 4.79 Å². The van der Waals surface area contributed by atoms with Crippen molar-refractivity contribution in [2.24, 2.45) is 5.73 Å². The molecule has 2 aromatic carbocycles. The normalized spacial score (nSPS) is 12.3. The van der Waals surface area contributed by atoms with E-state index in [1.165, 1.54) is 5.56 Å². The van der Waals surface area contributed by atoms with Crippen LogP contribution in [0.15, 0.2) is 46.9 Å². The van der Waals surface area contributed by atoms with Crippen molar-refractivity contribution >= 4 is 21.8 Å². The van der Waals surface area contributed by atoms with Gasteiger partial charge in [-0.05, 0) is 57.6 Å². The number of benzene rings is 2. The summed E-state index contributed by atoms with van der Waals surface area (Å²) >= 11 is 3.43. The Balaban J connectivity index is 1.98. The Morgan fingerprint density at radius 3 is 2.30 bits per heavy atom. The van der Waals surface area contributed by atoms with E-state index < -0.39 is 0 Å². The number of amides is 1. The van der Waals surface area contributed by atoms with Gasteiger partial charge in [0.15, 0.2) is 0 Å². The standard InChI is InChI=1S/C19H23BrN2O/c1-12(2)14-5-7-15(8-6-14)18(21)11-22-19(23)16-9-4-13(3)10-17(16)20/h4-10,12,18H,11,21H2,1-3H3,(H,22,23). The molecule has 122 valence electrons. The Labute approximate surface area is 146 Å². The van der Waals surface area contributed by atoms with Gasteiger partial charge in [-0.25, -0.2) is 0 Å². The summed E-state index contributed by atoms with van der Waals surface area (Å²) in [5, 5.41) is 2.90. The van der Waals surface area contributed by atoms with Gasteiger partial charge in [0.05, 0.1) is 5.56 Å². The van der Waals surface area contributed by atoms with E-state index in [1.807, 2.05) is 37.3 Å². The molecule has 3 nitrogen and oxygen atoms in total. The molecule has 0 bridgehead atoms. The van der Waals surface area contributed by atoms with Crippen LogP contribution in [-0.2, 0) is 0 Å². The molecule has 0 aromatic heterocycles. The van der Waals surface area contributed by atoms with Gasteiger partial charge in [0.2, 0.25) is 0 Å². The molecule has 23 heavy (non-hydrogen) atoms. The molecule has 4 heteroatoms. The maximum Gasteiger partial charge on any atom is 0.252 e. The monoisotopic (exact) mass is 374 g/mol. The summed E-state index contributed by atoms with van der Waals surface area (Å²) < 4.78 is 0.796. The number of rotatable bonds is 5. The van der Waals surface area contributed by atoms with Gasteiger partial charge in [0.25, 0.3) is 5.91 Å². The van der Waals surface area contributed by atoms with E-state index in [0.717, 1.165) is 15.6 Å². The molecule has 1 atom stereocenters. The Kier molecular flexibility index (Phi) is 5.97. The zero-order chi connectivity index (χ0) is 17.0. The van der Waals surface area contributed by atoms with Gasteiger partial charge >= 0.3 is 0 Å². The molecule has 0 fully saturated rings. The molecule has 0 aliphatic carbocycles. The summed E-state index contributed by atoms with van der Waals surface area (Å²) in [4.78, 5) is 12.3. The van der Waals surface area contributed by atoms with Gasteiger partial charge in [-0.15, -0.1) is 0 Å². The number of carbonyl (C=O) groups is 1. The molecule has 2 rings (SSSR count). The summed E-state index contributed by atoms with van der Waals surface area (Å²) in [6, 6.07) is 13.7. The summed E-state index contributed by atoms with van der Waals surface area (Å²) in [6.45, 7) is 6.71. The van der Waals surface area contributed by atoms with E-state index in [1.54, 1.807) is 0 Å². The van der Waals surface area contributed by atoms with E-state index in [0.29, 0.717) is 18.0 Å². The SMILES string of the molecule is Cc1ccc(C(=O)NCC(N)c2ccc(C(C)C)cc2)c(Br)c1. The first-order valence-electron chi connectivity index (χ1n) is 7.78. The first-order valence-corrected chi connectivity index (χ1v) is 8.57. The zero-order valence-corrected chi connectivity index (χ0v) is 15.4. The number of nitrogens with one attached hydrogen (secondary N) is 1. The molecule has 2 aromatic rings. The first kappa shape index (κ1) is 17.7. The van der Waals surface area contributed by atoms with Gasteiger partial charge in [-0.1, -0.05) is 44.2 Å². The smallest absolute Gasteiger partial charge is 0.252 e. The van der Waals surface area contributed by atoms with Crippen LogP contribution in [0.2, 0.25) is 0 Å². The van der Waals surface area contributed by atoms with Gasteiger partial charge < -0.3 is 11.1 Å². The topological polar surface area (TPSA) is 55.1 Å². The fraction of sp³-hybridized carbons (Fsp3) is 0.316. The molecule has 0 saturated carbocycles. The van der Waals surface area contributed by atoms with Crippen LogP contribution >= 0.6 is 15.9 Å². The number of hydrogen-bond acceptors (Lipinski definition) is 2. The van der Waals surface area contributed by atoms with Crippen molar-refractivity contribution in [1.29, 1.82) is 0 Å². The predicted octanol–water partition coefficient (Wildman–Crippen LogP) is 4.31. The summed E-state index contributed by atoms with van der Waals surface area (Å²) in [7, 11) is 0. The van der Waals surface area contributed by atoms with Crippen LogP contribution in [0.25, 0.3) is 0 Å². The van der Waals surface area contributed by atoms with Crippen LogP contribution in [0.1, 0.15) is 52.9 Å². The second-order valence-electron chi connectivity index (χ2n) is 6.12. The van der Waals surface area contributed by atoms with Gasteiger partial charge in [-0.3, -0.25) is 4.79 Å². The van der Waals surface area contributed by atoms with Gasteiger partial charge in [0, 0.05) is 17.1 Å². The highest BCUT2D eigenvalue weighted by Crippen LogP contribution is 2.19. The van der Waals surface area contributed by atoms with E-state index in [4.69, 9.17) is 5.73 Å². The fourth-order valence-corrected chi connectivity index (χ4v) is 3.02. The lowest BCUT2D eigenvalue weighted by atomic mass is 9.99. The van der Waals surface area contributed by atoms with Gasteiger partial charge in [-0.2, -0.15) is 0 Å². The third-order valence-corrected chi connectivity index (χ3v) is 4.54. The third kappa shape index (κ3) is 4.66. The summed E-state index contributed by atoms with van der Waals surface area (Å²) in [6.07, 6.45) is 0. The molecule has 3 N–H and O–H groups in total. The van der Waals surface area contributed by atoms with Gasteiger partial charge in [0.1, 0.15) is 0 Å². The van der Waals surface area contributed by atoms with Crippen LogP contribution in [0, 0.1) is 6.92 Å². The average Bonchev–Trinajstić information content (AvgIpc) is 2.52. The highest BCUT2D eigenvalue weighted by Gasteiger charge is 2.12. The average molecular weight is 375 g/mol. The fourth-order valence-electron chi connectivity index (χ4n) is 2.35. The van der Waals surface area contributed by atoms with Crippen molar-refractivity contribution in [3.63, 3.8) is 0 Å². The first-order chi connectivity index (χ1) is 10.9. The van der Waals surface area contributed by atoms with Crippen LogP contribution < -0.4 is 11.1 Å². The van der Waals surface area contributed by atoms with Crippen molar-refractivity contribution in [2.45, 2.75) is 32.7 Å². The Morgan fingerprint density at radius 2 is 1.74 bits per heavy atom. The molecule has 1 unspecified atom stereocenters. The van der Waals surface area contributed by atoms with Crippen molar-refractivity contribution in [3.05, 3.63) is 69.2 Å². The van der Waals surface area contributed by atoms with E-state index in [2.05, 4.69) is 47.2 Å². The maximum absolute atomic E-state index is 12.3. The molecular weight excluding hydrogens is 352 g/mol. The maximum atomic E-state index is 12.3. The van der Waals surface area contributed by atoms with E-state index in [-0.39, 0.29) is 11.9 Å². The molecule has 0 spiro atoms. The summed E-state index contributed by atoms with van der Waals surface area (Å²) in [5.41, 5.74) is 10.2. The molecule has 1 amide bonds. The van der Waals surface area contributed by atoms with Crippen LogP contribution in [0.5, 0.6) is 0 Å². The molecule has 0 aliphatic rings. The van der Waals surface area contributed by atoms with Crippen molar-refractivity contribution in [2.75, 3.05) is 6.54 Å². The molecule has 0 radical (unpaired) electrons. The molecule has 0 heterocycles. The number of hydrogen-bond donors (Lipinski definition) is 2. The largest absolute Gasteiger partial charge is 0.350 e. The minimum atomic E-state index is -0.218. The summed E-state index contributed by atoms with van der Waals surface area (Å²) in [5.74, 6) is 0.380. The van der Waals surface area contributed by atoms with Crippen LogP contribution in [0.3, 0.4) is 0 Å². The van der Waals surface area contributed by atoms with Crippen molar-refractivity contribution < 1.29 is 4.79 Å². The Bertz CT molecular complexity index is 680. The lowest BCUT2D eigenvalue weighted by Crippen LogP contribution is -2.32. The minimum absolute atomic E-state index is 0.119. The highest BCUT2D eigenvalue weighted by atomic mass is 79.9. The lowest BCUT2D eigenvalue weighted by molar-refractivity contribution is 0.0950. The Hall–Kier alpha value is -1.65. The second kappa shape index (κ2) is 7.75. The lowest BCUT2D eigenvalue weighted by Gasteiger charge is -2.15. The predicted molar refractivity (Wildman–Crippen MR) is 98.7 cm³/mol. The quantitative estimate of drug-likeness (QED) is 0.818. The number of nitrogens with two attached hydrogens (primary N) is 1. The number of carbonyl (C=O) groups excluding carboxylic acids is 1. The number of aryl methyl sites for hydroxylation is 1. The highest BCUT2D eigenvalue weighted by molar-refractivity contribution is 9.10. The molecular formula is C19H23BrN2O. The van der Waals surface area contributed by atoms with Crippen LogP contribution in [0.4, 0.5) is 0 Å². The Morgan fingerprint density at radius 1 is 1.13 bits per heavy atom. The van der Waals surface area contributed by atoms with Crippen molar-refractivity contribution in [3.8, 4) is 0 Å². The second-order valence-corrected chi connectivity index (χ2v) is 6.98. The zero-order valence-electron chi connectivity index (χ0n) is 13.8. The molecule has 0 aliphatic heterocycles. The number of halogens is 1. The molecule has 0 saturated heterocycles. The van der Waals surface area contributed by atoms with Crippen molar-refractivity contribution in [1.82, 2.24) is 5.32 Å². The third-order valence-electron chi connectivity index (χ3n) is 3.88.